The van der Waals surface area contributed by atoms with Crippen molar-refractivity contribution in [3.63, 3.8) is 0 Å². The normalized spacial score (nSPS) is 14.9. The highest BCUT2D eigenvalue weighted by Gasteiger charge is 2.38. The number of pyridine rings is 1. The van der Waals surface area contributed by atoms with Crippen molar-refractivity contribution in [3.8, 4) is 5.75 Å². The zero-order chi connectivity index (χ0) is 39.3. The summed E-state index contributed by atoms with van der Waals surface area (Å²) >= 11 is 0. The number of benzene rings is 2. The maximum absolute atomic E-state index is 13.4. The van der Waals surface area contributed by atoms with E-state index >= 15 is 0 Å². The van der Waals surface area contributed by atoms with Gasteiger partial charge in [0.25, 0.3) is 5.91 Å². The van der Waals surface area contributed by atoms with Crippen LogP contribution in [0.15, 0.2) is 78.0 Å². The van der Waals surface area contributed by atoms with Gasteiger partial charge in [0.2, 0.25) is 0 Å². The Hall–Kier alpha value is -4.89. The number of nitrogens with zero attached hydrogens (tertiary/aromatic N) is 3. The number of hydrogen-bond acceptors (Lipinski definition) is 10. The summed E-state index contributed by atoms with van der Waals surface area (Å²) in [5.74, 6) is 0.151. The molecule has 14 heteroatoms. The second-order valence-corrected chi connectivity index (χ2v) is 13.7. The molecule has 14 nitrogen and oxygen atoms in total. The minimum absolute atomic E-state index is 0.000478. The summed E-state index contributed by atoms with van der Waals surface area (Å²) in [6.45, 7) is 6.89. The van der Waals surface area contributed by atoms with Crippen LogP contribution in [0.25, 0.3) is 0 Å². The number of ether oxygens (including phenoxy) is 4. The number of likely N-dealkylation sites (tertiary alicyclic amines) is 1. The Morgan fingerprint density at radius 3 is 2.20 bits per heavy atom. The molecule has 0 radical (unpaired) electrons. The molecule has 1 aliphatic heterocycles. The van der Waals surface area contributed by atoms with Gasteiger partial charge in [-0.1, -0.05) is 24.6 Å². The first kappa shape index (κ1) is 42.8. The number of unbranched alkanes of at least 4 members (excludes halogenated alkanes) is 3. The van der Waals surface area contributed by atoms with E-state index in [0.717, 1.165) is 55.8 Å². The van der Waals surface area contributed by atoms with Gasteiger partial charge in [-0.25, -0.2) is 4.99 Å². The fraction of sp³-hybridized carbons (Fsp3) is 0.488. The second kappa shape index (κ2) is 23.1. The molecule has 2 aromatic carbocycles. The van der Waals surface area contributed by atoms with E-state index in [1.54, 1.807) is 30.6 Å². The van der Waals surface area contributed by atoms with Crippen LogP contribution in [0.5, 0.6) is 5.75 Å². The number of hydrogen-bond donors (Lipinski definition) is 5. The molecule has 1 amide bonds. The predicted molar refractivity (Wildman–Crippen MR) is 213 cm³/mol. The monoisotopic (exact) mass is 759 g/mol. The number of aliphatic carboxylic acids is 1. The van der Waals surface area contributed by atoms with Crippen LogP contribution in [-0.4, -0.2) is 110 Å². The SMILES string of the molecule is C[C@@H](NC(=O)c1cccc(NC2(C(N)=NC(=N)c3ccncc3)CCN(C)CC2)c1)c1ccc(OCCCCCCOCCOCCOCCC(=O)O)cc1. The number of carbonyl (C=O) groups is 2. The molecule has 0 spiro atoms. The molecule has 1 atom stereocenters. The molecule has 1 saturated heterocycles. The lowest BCUT2D eigenvalue weighted by molar-refractivity contribution is -0.138. The number of carbonyl (C=O) groups excluding carboxylic acids is 1. The van der Waals surface area contributed by atoms with Crippen LogP contribution in [0.1, 0.15) is 79.4 Å². The zero-order valence-electron chi connectivity index (χ0n) is 32.1. The van der Waals surface area contributed by atoms with Gasteiger partial charge < -0.3 is 45.3 Å². The van der Waals surface area contributed by atoms with Gasteiger partial charge in [0, 0.05) is 48.9 Å². The summed E-state index contributed by atoms with van der Waals surface area (Å²) in [6.07, 6.45) is 8.66. The highest BCUT2D eigenvalue weighted by molar-refractivity contribution is 6.07. The van der Waals surface area contributed by atoms with Crippen LogP contribution in [0, 0.1) is 5.41 Å². The molecule has 55 heavy (non-hydrogen) atoms. The van der Waals surface area contributed by atoms with Crippen molar-refractivity contribution < 1.29 is 33.6 Å². The number of aromatic nitrogens is 1. The van der Waals surface area contributed by atoms with Crippen molar-refractivity contribution >= 4 is 29.2 Å². The van der Waals surface area contributed by atoms with Crippen molar-refractivity contribution in [1.29, 1.82) is 5.41 Å². The van der Waals surface area contributed by atoms with E-state index in [0.29, 0.717) is 69.4 Å². The van der Waals surface area contributed by atoms with E-state index < -0.39 is 11.5 Å². The predicted octanol–water partition coefficient (Wildman–Crippen LogP) is 5.30. The number of piperidine rings is 1. The van der Waals surface area contributed by atoms with Crippen LogP contribution in [-0.2, 0) is 19.0 Å². The lowest BCUT2D eigenvalue weighted by atomic mass is 9.85. The molecular weight excluding hydrogens is 702 g/mol. The van der Waals surface area contributed by atoms with Crippen LogP contribution in [0.2, 0.25) is 0 Å². The van der Waals surface area contributed by atoms with Gasteiger partial charge in [0.05, 0.1) is 57.6 Å². The number of anilines is 1. The largest absolute Gasteiger partial charge is 0.494 e. The number of amides is 1. The molecule has 2 heterocycles. The second-order valence-electron chi connectivity index (χ2n) is 13.7. The average Bonchev–Trinajstić information content (AvgIpc) is 3.19. The fourth-order valence-electron chi connectivity index (χ4n) is 6.03. The van der Waals surface area contributed by atoms with E-state index in [2.05, 4.69) is 32.6 Å². The molecule has 1 aromatic heterocycles. The minimum Gasteiger partial charge on any atom is -0.494 e. The Kier molecular flexibility index (Phi) is 18.0. The van der Waals surface area contributed by atoms with Gasteiger partial charge in [-0.05, 0) is 94.1 Å². The van der Waals surface area contributed by atoms with Crippen LogP contribution < -0.4 is 21.1 Å². The van der Waals surface area contributed by atoms with Gasteiger partial charge in [0.15, 0.2) is 5.84 Å². The quantitative estimate of drug-likeness (QED) is 0.0452. The molecule has 0 unspecified atom stereocenters. The molecular formula is C41H57N7O7. The molecule has 0 aliphatic carbocycles. The Labute approximate surface area is 324 Å². The van der Waals surface area contributed by atoms with Crippen molar-refractivity contribution in [3.05, 3.63) is 89.7 Å². The summed E-state index contributed by atoms with van der Waals surface area (Å²) in [6, 6.07) is 18.5. The van der Waals surface area contributed by atoms with Crippen molar-refractivity contribution in [1.82, 2.24) is 15.2 Å². The number of amidine groups is 2. The highest BCUT2D eigenvalue weighted by atomic mass is 16.5. The third kappa shape index (κ3) is 15.0. The van der Waals surface area contributed by atoms with Gasteiger partial charge in [-0.15, -0.1) is 0 Å². The van der Waals surface area contributed by atoms with Gasteiger partial charge in [-0.3, -0.25) is 20.0 Å². The highest BCUT2D eigenvalue weighted by Crippen LogP contribution is 2.28. The van der Waals surface area contributed by atoms with Gasteiger partial charge in [-0.2, -0.15) is 0 Å². The lowest BCUT2D eigenvalue weighted by Crippen LogP contribution is -2.56. The van der Waals surface area contributed by atoms with Gasteiger partial charge in [0.1, 0.15) is 11.6 Å². The van der Waals surface area contributed by atoms with E-state index in [1.165, 1.54) is 0 Å². The van der Waals surface area contributed by atoms with Crippen molar-refractivity contribution in [2.24, 2.45) is 10.7 Å². The number of carboxylic acid groups (broad SMARTS) is 1. The summed E-state index contributed by atoms with van der Waals surface area (Å²) in [7, 11) is 2.07. The average molecular weight is 760 g/mol. The smallest absolute Gasteiger partial charge is 0.305 e. The third-order valence-electron chi connectivity index (χ3n) is 9.41. The van der Waals surface area contributed by atoms with E-state index in [1.807, 2.05) is 49.4 Å². The van der Waals surface area contributed by atoms with Crippen LogP contribution in [0.3, 0.4) is 0 Å². The maximum atomic E-state index is 13.4. The van der Waals surface area contributed by atoms with Gasteiger partial charge >= 0.3 is 5.97 Å². The summed E-state index contributed by atoms with van der Waals surface area (Å²) in [5.41, 5.74) is 8.86. The number of carboxylic acids is 1. The van der Waals surface area contributed by atoms with Crippen molar-refractivity contribution in [2.75, 3.05) is 71.7 Å². The molecule has 298 valence electrons. The molecule has 1 aliphatic rings. The molecule has 6 N–H and O–H groups in total. The summed E-state index contributed by atoms with van der Waals surface area (Å²) < 4.78 is 22.1. The van der Waals surface area contributed by atoms with Crippen LogP contribution in [0.4, 0.5) is 5.69 Å². The Bertz CT molecular complexity index is 1650. The van der Waals surface area contributed by atoms with Crippen LogP contribution >= 0.6 is 0 Å². The number of aliphatic imine (C=N–C) groups is 1. The number of rotatable bonds is 24. The lowest BCUT2D eigenvalue weighted by Gasteiger charge is -2.41. The molecule has 3 aromatic rings. The molecule has 1 fully saturated rings. The minimum atomic E-state index is -0.870. The Morgan fingerprint density at radius 2 is 1.53 bits per heavy atom. The third-order valence-corrected chi connectivity index (χ3v) is 9.41. The van der Waals surface area contributed by atoms with Crippen molar-refractivity contribution in [2.45, 2.75) is 63.5 Å². The first-order valence-corrected chi connectivity index (χ1v) is 19.0. The van der Waals surface area contributed by atoms with E-state index in [-0.39, 0.29) is 30.8 Å². The number of nitrogens with two attached hydrogens (primary N) is 1. The Morgan fingerprint density at radius 1 is 0.891 bits per heavy atom. The van der Waals surface area contributed by atoms with E-state index in [9.17, 15) is 9.59 Å². The van der Waals surface area contributed by atoms with E-state index in [4.69, 9.17) is 35.2 Å². The zero-order valence-corrected chi connectivity index (χ0v) is 32.1. The fourth-order valence-corrected chi connectivity index (χ4v) is 6.03. The first-order valence-electron chi connectivity index (χ1n) is 19.0. The maximum Gasteiger partial charge on any atom is 0.305 e. The number of nitrogens with one attached hydrogen (secondary N) is 3. The first-order chi connectivity index (χ1) is 26.6. The molecule has 0 saturated carbocycles. The molecule has 4 rings (SSSR count). The topological polar surface area (TPSA) is 194 Å². The summed E-state index contributed by atoms with van der Waals surface area (Å²) in [4.78, 5) is 34.6. The Balaban J connectivity index is 1.16. The molecule has 0 bridgehead atoms. The summed E-state index contributed by atoms with van der Waals surface area (Å²) in [5, 5.41) is 23.8. The standard InChI is InChI=1S/C41H57N7O7/c1-31(32-10-12-36(13-11-32)55-24-6-4-3-5-23-52-26-28-54-29-27-53-25-16-37(49)50)45-39(51)34-8-7-9-35(30-34)47-41(17-21-48(2)22-18-41)40(43)46-38(42)33-14-19-44-20-15-33/h7-15,19-20,30-31,47H,3-6,16-18,21-29H2,1-2H3,(H,45,51)(H,49,50)(H3,42,43,46)/t31-/m1/s1.